The van der Waals surface area contributed by atoms with Crippen molar-refractivity contribution in [3.05, 3.63) is 41.6 Å². The van der Waals surface area contributed by atoms with Gasteiger partial charge in [0.05, 0.1) is 5.52 Å². The maximum Gasteiger partial charge on any atom is 0.303 e. The van der Waals surface area contributed by atoms with Crippen LogP contribution in [0.1, 0.15) is 37.6 Å². The molecule has 1 aliphatic carbocycles. The Bertz CT molecular complexity index is 741. The van der Waals surface area contributed by atoms with E-state index in [1.807, 2.05) is 30.3 Å². The summed E-state index contributed by atoms with van der Waals surface area (Å²) in [6.07, 6.45) is 0.227. The summed E-state index contributed by atoms with van der Waals surface area (Å²) in [5.74, 6) is -0.775. The number of esters is 2. The Morgan fingerprint density at radius 1 is 1.14 bits per heavy atom. The zero-order valence-electron chi connectivity index (χ0n) is 12.5. The smallest absolute Gasteiger partial charge is 0.303 e. The van der Waals surface area contributed by atoms with Crippen molar-refractivity contribution >= 4 is 22.8 Å². The van der Waals surface area contributed by atoms with Gasteiger partial charge >= 0.3 is 11.9 Å². The number of para-hydroxylation sites is 1. The molecule has 0 saturated heterocycles. The van der Waals surface area contributed by atoms with Crippen molar-refractivity contribution in [2.75, 3.05) is 0 Å². The minimum atomic E-state index is -0.595. The van der Waals surface area contributed by atoms with Gasteiger partial charge in [0.15, 0.2) is 6.10 Å². The fraction of sp³-hybridized carbons (Fsp3) is 0.353. The maximum absolute atomic E-state index is 11.4. The molecule has 0 unspecified atom stereocenters. The van der Waals surface area contributed by atoms with Crippen LogP contribution in [0.2, 0.25) is 0 Å². The number of hydrogen-bond acceptors (Lipinski definition) is 5. The molecule has 3 rings (SSSR count). The lowest BCUT2D eigenvalue weighted by molar-refractivity contribution is -0.167. The van der Waals surface area contributed by atoms with Crippen LogP contribution >= 0.6 is 0 Å². The van der Waals surface area contributed by atoms with Crippen molar-refractivity contribution in [2.45, 2.75) is 38.9 Å². The first-order valence-electron chi connectivity index (χ1n) is 7.27. The van der Waals surface area contributed by atoms with Crippen LogP contribution in [0.5, 0.6) is 0 Å². The van der Waals surface area contributed by atoms with Crippen molar-refractivity contribution in [2.24, 2.45) is 0 Å². The molecule has 0 amide bonds. The van der Waals surface area contributed by atoms with E-state index in [-0.39, 0.29) is 5.97 Å². The Labute approximate surface area is 128 Å². The zero-order valence-corrected chi connectivity index (χ0v) is 12.5. The Balaban J connectivity index is 2.06. The number of hydrogen-bond donors (Lipinski definition) is 0. The lowest BCUT2D eigenvalue weighted by Gasteiger charge is -2.31. The van der Waals surface area contributed by atoms with Crippen molar-refractivity contribution in [3.63, 3.8) is 0 Å². The highest BCUT2D eigenvalue weighted by Gasteiger charge is 2.35. The molecule has 22 heavy (non-hydrogen) atoms. The molecule has 1 aromatic carbocycles. The van der Waals surface area contributed by atoms with Crippen molar-refractivity contribution in [3.8, 4) is 0 Å². The summed E-state index contributed by atoms with van der Waals surface area (Å²) in [6.45, 7) is 2.71. The van der Waals surface area contributed by atoms with E-state index in [2.05, 4.69) is 4.98 Å². The van der Waals surface area contributed by atoms with Crippen molar-refractivity contribution < 1.29 is 19.1 Å². The molecular weight excluding hydrogens is 282 g/mol. The predicted molar refractivity (Wildman–Crippen MR) is 80.1 cm³/mol. The summed E-state index contributed by atoms with van der Waals surface area (Å²) in [5, 5.41) is 0.974. The summed E-state index contributed by atoms with van der Waals surface area (Å²) in [7, 11) is 0. The van der Waals surface area contributed by atoms with E-state index in [1.165, 1.54) is 13.8 Å². The number of aryl methyl sites for hydroxylation is 1. The molecule has 0 aliphatic heterocycles. The van der Waals surface area contributed by atoms with E-state index in [0.29, 0.717) is 12.8 Å². The lowest BCUT2D eigenvalue weighted by atomic mass is 9.89. The van der Waals surface area contributed by atoms with Crippen LogP contribution in [0.25, 0.3) is 10.9 Å². The van der Waals surface area contributed by atoms with E-state index in [0.717, 1.165) is 22.2 Å². The molecule has 0 bridgehead atoms. The molecule has 1 aliphatic rings. The fourth-order valence-corrected chi connectivity index (χ4v) is 2.90. The van der Waals surface area contributed by atoms with Crippen LogP contribution in [0, 0.1) is 0 Å². The number of aromatic nitrogens is 1. The lowest BCUT2D eigenvalue weighted by Crippen LogP contribution is -2.33. The molecule has 2 aromatic rings. The quantitative estimate of drug-likeness (QED) is 0.798. The average molecular weight is 299 g/mol. The summed E-state index contributed by atoms with van der Waals surface area (Å²) in [6, 6.07) is 9.76. The molecule has 1 heterocycles. The van der Waals surface area contributed by atoms with Gasteiger partial charge in [0, 0.05) is 30.5 Å². The normalized spacial score (nSPS) is 20.3. The zero-order chi connectivity index (χ0) is 15.7. The molecular formula is C17H17NO4. The van der Waals surface area contributed by atoms with E-state index in [4.69, 9.17) is 9.47 Å². The van der Waals surface area contributed by atoms with E-state index in [1.54, 1.807) is 0 Å². The minimum absolute atomic E-state index is 0.376. The first-order chi connectivity index (χ1) is 10.5. The maximum atomic E-state index is 11.4. The van der Waals surface area contributed by atoms with Crippen LogP contribution in [0.3, 0.4) is 0 Å². The van der Waals surface area contributed by atoms with Gasteiger partial charge in [-0.05, 0) is 25.0 Å². The highest BCUT2D eigenvalue weighted by Crippen LogP contribution is 2.35. The Morgan fingerprint density at radius 2 is 1.86 bits per heavy atom. The summed E-state index contributed by atoms with van der Waals surface area (Å²) in [4.78, 5) is 27.4. The number of benzene rings is 1. The van der Waals surface area contributed by atoms with Gasteiger partial charge in [0.25, 0.3) is 0 Å². The average Bonchev–Trinajstić information content (AvgIpc) is 2.47. The van der Waals surface area contributed by atoms with E-state index >= 15 is 0 Å². The van der Waals surface area contributed by atoms with Gasteiger partial charge in [0.2, 0.25) is 0 Å². The van der Waals surface area contributed by atoms with Gasteiger partial charge in [-0.15, -0.1) is 0 Å². The third kappa shape index (κ3) is 2.79. The standard InChI is InChI=1S/C17H17NO4/c1-10(19)21-16-8-7-15-13(17(16)22-11(2)20)9-12-5-3-4-6-14(12)18-15/h3-6,9,16-17H,7-8H2,1-2H3/t16-,17-/m0/s1. The monoisotopic (exact) mass is 299 g/mol. The van der Waals surface area contributed by atoms with Crippen LogP contribution < -0.4 is 0 Å². The number of nitrogens with zero attached hydrogens (tertiary/aromatic N) is 1. The number of ether oxygens (including phenoxy) is 2. The second-order valence-corrected chi connectivity index (χ2v) is 5.43. The summed E-state index contributed by atoms with van der Waals surface area (Å²) in [5.41, 5.74) is 2.63. The largest absolute Gasteiger partial charge is 0.458 e. The molecule has 2 atom stereocenters. The van der Waals surface area contributed by atoms with Gasteiger partial charge in [-0.3, -0.25) is 14.6 Å². The number of pyridine rings is 1. The fourth-order valence-electron chi connectivity index (χ4n) is 2.90. The van der Waals surface area contributed by atoms with E-state index in [9.17, 15) is 9.59 Å². The number of carbonyl (C=O) groups excluding carboxylic acids is 2. The van der Waals surface area contributed by atoms with Gasteiger partial charge in [-0.2, -0.15) is 0 Å². The highest BCUT2D eigenvalue weighted by molar-refractivity contribution is 5.80. The first kappa shape index (κ1) is 14.5. The second kappa shape index (κ2) is 5.75. The molecule has 0 N–H and O–H groups in total. The number of carbonyl (C=O) groups is 2. The van der Waals surface area contributed by atoms with Crippen LogP contribution in [0.4, 0.5) is 0 Å². The highest BCUT2D eigenvalue weighted by atomic mass is 16.6. The first-order valence-corrected chi connectivity index (χ1v) is 7.27. The molecule has 5 nitrogen and oxygen atoms in total. The van der Waals surface area contributed by atoms with Crippen molar-refractivity contribution in [1.29, 1.82) is 0 Å². The SMILES string of the molecule is CC(=O)O[C@H]1CCc2nc3ccccc3cc2[C@@H]1OC(C)=O. The number of fused-ring (bicyclic) bond motifs is 2. The molecule has 5 heteroatoms. The van der Waals surface area contributed by atoms with E-state index < -0.39 is 18.2 Å². The molecule has 0 saturated carbocycles. The van der Waals surface area contributed by atoms with Crippen LogP contribution in [-0.4, -0.2) is 23.0 Å². The van der Waals surface area contributed by atoms with Gasteiger partial charge in [-0.25, -0.2) is 0 Å². The van der Waals surface area contributed by atoms with Gasteiger partial charge in [0.1, 0.15) is 6.10 Å². The topological polar surface area (TPSA) is 65.5 Å². The molecule has 0 spiro atoms. The Kier molecular flexibility index (Phi) is 3.79. The molecule has 1 aromatic heterocycles. The molecule has 0 radical (unpaired) electrons. The summed E-state index contributed by atoms with van der Waals surface area (Å²) < 4.78 is 10.8. The summed E-state index contributed by atoms with van der Waals surface area (Å²) >= 11 is 0. The van der Waals surface area contributed by atoms with Crippen LogP contribution in [0.15, 0.2) is 30.3 Å². The van der Waals surface area contributed by atoms with Gasteiger partial charge in [-0.1, -0.05) is 18.2 Å². The predicted octanol–water partition coefficient (Wildman–Crippen LogP) is 2.72. The number of rotatable bonds is 2. The minimum Gasteiger partial charge on any atom is -0.458 e. The molecule has 0 fully saturated rings. The molecule has 114 valence electrons. The third-order valence-electron chi connectivity index (χ3n) is 3.76. The second-order valence-electron chi connectivity index (χ2n) is 5.43. The third-order valence-corrected chi connectivity index (χ3v) is 3.76. The van der Waals surface area contributed by atoms with Crippen LogP contribution in [-0.2, 0) is 25.5 Å². The van der Waals surface area contributed by atoms with Gasteiger partial charge < -0.3 is 9.47 Å². The Hall–Kier alpha value is -2.43. The van der Waals surface area contributed by atoms with Crippen molar-refractivity contribution in [1.82, 2.24) is 4.98 Å². The Morgan fingerprint density at radius 3 is 2.59 bits per heavy atom.